The molecule has 1 amide bonds. The summed E-state index contributed by atoms with van der Waals surface area (Å²) >= 11 is 1.65. The first-order valence-corrected chi connectivity index (χ1v) is 15.1. The number of aromatic nitrogens is 3. The van der Waals surface area contributed by atoms with Gasteiger partial charge in [-0.1, -0.05) is 56.8 Å². The maximum atomic E-state index is 11.9. The van der Waals surface area contributed by atoms with Crippen LogP contribution in [0.3, 0.4) is 0 Å². The van der Waals surface area contributed by atoms with Crippen LogP contribution in [0, 0.1) is 6.92 Å². The van der Waals surface area contributed by atoms with E-state index in [1.54, 1.807) is 30.8 Å². The number of hydrogen-bond donors (Lipinski definition) is 2. The normalized spacial score (nSPS) is 11.3. The monoisotopic (exact) mass is 618 g/mol. The Labute approximate surface area is 261 Å². The molecule has 0 atom stereocenters. The minimum atomic E-state index is -0.615. The zero-order chi connectivity index (χ0) is 31.9. The minimum Gasteiger partial charge on any atom is -0.505 e. The molecule has 1 heterocycles. The average molecular weight is 619 g/mol. The highest BCUT2D eigenvalue weighted by molar-refractivity contribution is 7.99. The number of benzene rings is 3. The summed E-state index contributed by atoms with van der Waals surface area (Å²) in [4.78, 5) is 26.8. The van der Waals surface area contributed by atoms with Crippen molar-refractivity contribution in [3.05, 3.63) is 77.9 Å². The number of phenolic OH excluding ortho intramolecular Hbond substituents is 1. The molecule has 0 saturated heterocycles. The molecule has 0 bridgehead atoms. The summed E-state index contributed by atoms with van der Waals surface area (Å²) < 4.78 is 16.1. The van der Waals surface area contributed by atoms with Crippen LogP contribution in [-0.2, 0) is 19.7 Å². The van der Waals surface area contributed by atoms with E-state index in [0.29, 0.717) is 40.0 Å². The van der Waals surface area contributed by atoms with Crippen LogP contribution >= 0.6 is 11.8 Å². The second kappa shape index (κ2) is 14.3. The molecule has 0 radical (unpaired) electrons. The van der Waals surface area contributed by atoms with Crippen LogP contribution in [0.15, 0.2) is 76.5 Å². The van der Waals surface area contributed by atoms with Gasteiger partial charge in [0.1, 0.15) is 34.8 Å². The number of esters is 1. The molecule has 44 heavy (non-hydrogen) atoms. The standard InChI is InChI=1S/C33H38N4O6S/c1-21(2)31(39)42-17-14-34-32(40)43-16-7-15-41-23-18-26(33(4,5)6)30(38)29(19-23)37-35-27-13-12-25(20-28(27)36-37)44-24-10-8-22(3)9-11-24/h8-13,18-20,38H,1,7,14-17H2,2-6H3,(H,34,40). The molecule has 11 heteroatoms. The van der Waals surface area contributed by atoms with Gasteiger partial charge in [0, 0.05) is 33.4 Å². The predicted octanol–water partition coefficient (Wildman–Crippen LogP) is 6.50. The molecule has 0 aliphatic heterocycles. The van der Waals surface area contributed by atoms with Crippen molar-refractivity contribution in [1.29, 1.82) is 0 Å². The molecule has 0 fully saturated rings. The highest BCUT2D eigenvalue weighted by Gasteiger charge is 2.24. The Bertz CT molecular complexity index is 1640. The van der Waals surface area contributed by atoms with Gasteiger partial charge in [0.2, 0.25) is 0 Å². The van der Waals surface area contributed by atoms with E-state index in [2.05, 4.69) is 53.3 Å². The molecule has 4 rings (SSSR count). The van der Waals surface area contributed by atoms with Gasteiger partial charge in [-0.15, -0.1) is 15.0 Å². The highest BCUT2D eigenvalue weighted by Crippen LogP contribution is 2.39. The van der Waals surface area contributed by atoms with E-state index in [4.69, 9.17) is 14.2 Å². The molecule has 0 spiro atoms. The lowest BCUT2D eigenvalue weighted by Crippen LogP contribution is -2.29. The lowest BCUT2D eigenvalue weighted by atomic mass is 9.86. The van der Waals surface area contributed by atoms with Crippen LogP contribution in [0.25, 0.3) is 16.7 Å². The van der Waals surface area contributed by atoms with Gasteiger partial charge in [-0.05, 0) is 55.7 Å². The van der Waals surface area contributed by atoms with E-state index in [9.17, 15) is 14.7 Å². The quantitative estimate of drug-likeness (QED) is 0.104. The Morgan fingerprint density at radius 1 is 0.955 bits per heavy atom. The summed E-state index contributed by atoms with van der Waals surface area (Å²) in [7, 11) is 0. The molecule has 232 valence electrons. The van der Waals surface area contributed by atoms with Crippen molar-refractivity contribution >= 4 is 34.9 Å². The number of ether oxygens (including phenoxy) is 3. The molecule has 0 aliphatic carbocycles. The van der Waals surface area contributed by atoms with Crippen molar-refractivity contribution in [3.63, 3.8) is 0 Å². The number of carbonyl (C=O) groups excluding carboxylic acids is 2. The molecule has 0 saturated carbocycles. The topological polar surface area (TPSA) is 125 Å². The van der Waals surface area contributed by atoms with Gasteiger partial charge >= 0.3 is 12.1 Å². The van der Waals surface area contributed by atoms with E-state index in [1.165, 1.54) is 10.4 Å². The maximum absolute atomic E-state index is 11.9. The highest BCUT2D eigenvalue weighted by atomic mass is 32.2. The summed E-state index contributed by atoms with van der Waals surface area (Å²) in [6, 6.07) is 17.8. The van der Waals surface area contributed by atoms with Gasteiger partial charge in [0.05, 0.1) is 19.8 Å². The lowest BCUT2D eigenvalue weighted by Gasteiger charge is -2.23. The molecule has 1 aromatic heterocycles. The molecule has 0 unspecified atom stereocenters. The fourth-order valence-corrected chi connectivity index (χ4v) is 4.94. The summed E-state index contributed by atoms with van der Waals surface area (Å²) in [6.07, 6.45) is -0.180. The largest absolute Gasteiger partial charge is 0.505 e. The Hall–Kier alpha value is -4.51. The summed E-state index contributed by atoms with van der Waals surface area (Å²) in [5.41, 5.74) is 3.61. The fourth-order valence-electron chi connectivity index (χ4n) is 4.09. The second-order valence-corrected chi connectivity index (χ2v) is 12.5. The number of nitrogens with one attached hydrogen (secondary N) is 1. The number of aromatic hydroxyl groups is 1. The summed E-state index contributed by atoms with van der Waals surface area (Å²) in [5.74, 6) is 0.0971. The van der Waals surface area contributed by atoms with Gasteiger partial charge < -0.3 is 24.6 Å². The Balaban J connectivity index is 1.40. The number of hydrogen-bond acceptors (Lipinski definition) is 9. The first-order valence-electron chi connectivity index (χ1n) is 14.3. The van der Waals surface area contributed by atoms with Crippen LogP contribution in [-0.4, -0.2) is 58.5 Å². The van der Waals surface area contributed by atoms with E-state index < -0.39 is 12.1 Å². The summed E-state index contributed by atoms with van der Waals surface area (Å²) in [6.45, 7) is 13.7. The zero-order valence-corrected chi connectivity index (χ0v) is 26.5. The van der Waals surface area contributed by atoms with Crippen molar-refractivity contribution in [3.8, 4) is 17.2 Å². The van der Waals surface area contributed by atoms with Gasteiger partial charge in [-0.3, -0.25) is 0 Å². The van der Waals surface area contributed by atoms with Gasteiger partial charge in [-0.2, -0.15) is 0 Å². The van der Waals surface area contributed by atoms with Crippen LogP contribution in [0.1, 0.15) is 45.2 Å². The third-order valence-electron chi connectivity index (χ3n) is 6.44. The molecule has 3 aromatic carbocycles. The van der Waals surface area contributed by atoms with Crippen molar-refractivity contribution in [2.75, 3.05) is 26.4 Å². The van der Waals surface area contributed by atoms with Crippen LogP contribution < -0.4 is 10.1 Å². The third kappa shape index (κ3) is 8.76. The molecule has 4 aromatic rings. The molecular weight excluding hydrogens is 580 g/mol. The van der Waals surface area contributed by atoms with E-state index in [-0.39, 0.29) is 37.5 Å². The van der Waals surface area contributed by atoms with Crippen LogP contribution in [0.4, 0.5) is 4.79 Å². The lowest BCUT2D eigenvalue weighted by molar-refractivity contribution is -0.138. The fraction of sp³-hybridized carbons (Fsp3) is 0.333. The van der Waals surface area contributed by atoms with Crippen molar-refractivity contribution in [2.45, 2.75) is 56.2 Å². The van der Waals surface area contributed by atoms with E-state index in [0.717, 1.165) is 9.79 Å². The second-order valence-electron chi connectivity index (χ2n) is 11.3. The van der Waals surface area contributed by atoms with E-state index >= 15 is 0 Å². The van der Waals surface area contributed by atoms with Gasteiger partial charge in [-0.25, -0.2) is 9.59 Å². The number of aryl methyl sites for hydroxylation is 1. The van der Waals surface area contributed by atoms with Crippen molar-refractivity contribution in [1.82, 2.24) is 20.3 Å². The number of carbonyl (C=O) groups is 2. The van der Waals surface area contributed by atoms with Gasteiger partial charge in [0.25, 0.3) is 0 Å². The predicted molar refractivity (Wildman–Crippen MR) is 170 cm³/mol. The number of nitrogens with zero attached hydrogens (tertiary/aromatic N) is 3. The molecular formula is C33H38N4O6S. The first kappa shape index (κ1) is 32.4. The number of alkyl carbamates (subject to hydrolysis) is 1. The number of phenols is 1. The van der Waals surface area contributed by atoms with Crippen LogP contribution in [0.2, 0.25) is 0 Å². The summed E-state index contributed by atoms with van der Waals surface area (Å²) in [5, 5.41) is 23.1. The minimum absolute atomic E-state index is 0.0252. The van der Waals surface area contributed by atoms with Crippen molar-refractivity contribution in [2.24, 2.45) is 0 Å². The molecule has 0 aliphatic rings. The maximum Gasteiger partial charge on any atom is 0.407 e. The smallest absolute Gasteiger partial charge is 0.407 e. The Morgan fingerprint density at radius 2 is 1.66 bits per heavy atom. The zero-order valence-electron chi connectivity index (χ0n) is 25.7. The Kier molecular flexibility index (Phi) is 10.5. The van der Waals surface area contributed by atoms with Gasteiger partial charge in [0.15, 0.2) is 0 Å². The number of rotatable bonds is 12. The third-order valence-corrected chi connectivity index (χ3v) is 7.44. The SMILES string of the molecule is C=C(C)C(=O)OCCNC(=O)OCCCOc1cc(-n2nc3ccc(Sc4ccc(C)cc4)cc3n2)c(O)c(C(C)(C)C)c1. The van der Waals surface area contributed by atoms with Crippen molar-refractivity contribution < 1.29 is 28.9 Å². The molecule has 2 N–H and O–H groups in total. The van der Waals surface area contributed by atoms with E-state index in [1.807, 2.05) is 39.0 Å². The Morgan fingerprint density at radius 3 is 2.36 bits per heavy atom. The number of amides is 1. The van der Waals surface area contributed by atoms with Crippen LogP contribution in [0.5, 0.6) is 11.5 Å². The first-order chi connectivity index (χ1) is 20.9. The number of fused-ring (bicyclic) bond motifs is 1. The average Bonchev–Trinajstić information content (AvgIpc) is 3.39. The molecule has 10 nitrogen and oxygen atoms in total.